The molecular weight excluding hydrogens is 767 g/mol. The second-order valence-electron chi connectivity index (χ2n) is 15.0. The third kappa shape index (κ3) is 36.6. The maximum atomic E-state index is 12.6. The minimum absolute atomic E-state index is 0.0930. The highest BCUT2D eigenvalue weighted by Gasteiger charge is 2.27. The topological polar surface area (TPSA) is 210 Å². The molecule has 0 aromatic rings. The lowest BCUT2D eigenvalue weighted by Gasteiger charge is -2.20. The van der Waals surface area contributed by atoms with Crippen LogP contribution in [-0.2, 0) is 32.7 Å². The molecule has 0 aromatic carbocycles. The van der Waals surface area contributed by atoms with E-state index in [1.165, 1.54) is 57.4 Å². The van der Waals surface area contributed by atoms with Crippen molar-refractivity contribution in [1.82, 2.24) is 0 Å². The van der Waals surface area contributed by atoms with E-state index < -0.39 is 76.7 Å². The van der Waals surface area contributed by atoms with Crippen LogP contribution in [0.5, 0.6) is 0 Å². The lowest BCUT2D eigenvalue weighted by molar-refractivity contribution is -0.161. The van der Waals surface area contributed by atoms with Crippen molar-refractivity contribution in [3.8, 4) is 0 Å². The Hall–Kier alpha value is -2.45. The molecule has 0 amide bonds. The molecule has 0 radical (unpaired) electrons. The number of allylic oxidation sites excluding steroid dienone is 7. The van der Waals surface area contributed by atoms with Crippen LogP contribution in [0.4, 0.5) is 0 Å². The first-order chi connectivity index (χ1) is 27.8. The predicted octanol–water partition coefficient (Wildman–Crippen LogP) is 7.88. The van der Waals surface area contributed by atoms with Crippen LogP contribution in [0.3, 0.4) is 0 Å². The Morgan fingerprint density at radius 2 is 1.17 bits per heavy atom. The minimum Gasteiger partial charge on any atom is -0.462 e. The summed E-state index contributed by atoms with van der Waals surface area (Å²) in [6, 6.07) is 0. The van der Waals surface area contributed by atoms with Crippen molar-refractivity contribution in [1.29, 1.82) is 0 Å². The number of rotatable bonds is 38. The zero-order chi connectivity index (χ0) is 43.3. The number of carbonyl (C=O) groups is 2. The van der Waals surface area contributed by atoms with E-state index in [2.05, 4.69) is 18.4 Å². The molecule has 14 heteroatoms. The van der Waals surface area contributed by atoms with Gasteiger partial charge < -0.3 is 39.9 Å². The first kappa shape index (κ1) is 55.5. The molecule has 0 fully saturated rings. The molecule has 0 saturated carbocycles. The van der Waals surface area contributed by atoms with Crippen molar-refractivity contribution in [2.75, 3.05) is 26.4 Å². The molecule has 336 valence electrons. The van der Waals surface area contributed by atoms with Crippen LogP contribution < -0.4 is 0 Å². The van der Waals surface area contributed by atoms with Gasteiger partial charge in [-0.3, -0.25) is 18.6 Å². The van der Waals surface area contributed by atoms with Crippen molar-refractivity contribution < 1.29 is 63.1 Å². The number of hydrogen-bond acceptors (Lipinski definition) is 12. The summed E-state index contributed by atoms with van der Waals surface area (Å²) in [5.74, 6) is -0.474. The zero-order valence-electron chi connectivity index (χ0n) is 35.5. The zero-order valence-corrected chi connectivity index (χ0v) is 36.4. The standard InChI is InChI=1S/C44H77O13P/c1-4-5-20-27-38(46)28-22-17-14-15-18-23-29-41(48)42(49)30-25-32-43(50)54-35-40(36-56-58(52,53)55-34-39(47)33-45)57-44(51)31-24-19-13-11-9-7-6-8-10-12-16-21-26-37(2)3/h5,14-15,17-18,20,22-23,28-29,37-42,45-49H,4,6-13,16,19,21,24-27,30-36H2,1-3H3,(H,52,53)/b17-14+,18-15-,20-5-,28-22+,29-23-/t38-,39+,40-,41+,42+/m1/s1. The Kier molecular flexibility index (Phi) is 36.0. The summed E-state index contributed by atoms with van der Waals surface area (Å²) < 4.78 is 32.5. The van der Waals surface area contributed by atoms with Gasteiger partial charge in [0, 0.05) is 12.8 Å². The monoisotopic (exact) mass is 845 g/mol. The third-order valence-corrected chi connectivity index (χ3v) is 9.91. The molecule has 6 atom stereocenters. The molecule has 0 aromatic heterocycles. The van der Waals surface area contributed by atoms with Gasteiger partial charge in [-0.05, 0) is 38.0 Å². The van der Waals surface area contributed by atoms with Gasteiger partial charge in [-0.2, -0.15) is 0 Å². The maximum absolute atomic E-state index is 12.6. The van der Waals surface area contributed by atoms with Gasteiger partial charge in [0.15, 0.2) is 6.10 Å². The number of phosphoric acid groups is 1. The Labute approximate surface area is 348 Å². The highest BCUT2D eigenvalue weighted by atomic mass is 31.2. The summed E-state index contributed by atoms with van der Waals surface area (Å²) in [7, 11) is -4.70. The third-order valence-electron chi connectivity index (χ3n) is 8.96. The largest absolute Gasteiger partial charge is 0.472 e. The van der Waals surface area contributed by atoms with Gasteiger partial charge in [0.1, 0.15) is 12.7 Å². The van der Waals surface area contributed by atoms with E-state index in [1.54, 1.807) is 42.5 Å². The van der Waals surface area contributed by atoms with Crippen LogP contribution in [-0.4, -0.2) is 99.3 Å². The number of ether oxygens (including phenoxy) is 2. The average Bonchev–Trinajstić information content (AvgIpc) is 3.18. The summed E-state index contributed by atoms with van der Waals surface area (Å²) >= 11 is 0. The van der Waals surface area contributed by atoms with Crippen molar-refractivity contribution >= 4 is 19.8 Å². The van der Waals surface area contributed by atoms with E-state index in [0.717, 1.165) is 38.0 Å². The lowest BCUT2D eigenvalue weighted by Crippen LogP contribution is -2.30. The van der Waals surface area contributed by atoms with Gasteiger partial charge in [-0.1, -0.05) is 159 Å². The number of aliphatic hydroxyl groups is 5. The Bertz CT molecular complexity index is 1220. The molecule has 0 spiro atoms. The molecule has 0 aliphatic heterocycles. The van der Waals surface area contributed by atoms with E-state index in [0.29, 0.717) is 12.8 Å². The molecule has 0 heterocycles. The number of unbranched alkanes of at least 4 members (excludes halogenated alkanes) is 11. The van der Waals surface area contributed by atoms with E-state index in [1.807, 2.05) is 19.1 Å². The quantitative estimate of drug-likeness (QED) is 0.0115. The van der Waals surface area contributed by atoms with Gasteiger partial charge >= 0.3 is 19.8 Å². The number of carbonyl (C=O) groups excluding carboxylic acids is 2. The Morgan fingerprint density at radius 1 is 0.638 bits per heavy atom. The Balaban J connectivity index is 4.63. The average molecular weight is 845 g/mol. The minimum atomic E-state index is -4.70. The van der Waals surface area contributed by atoms with Crippen LogP contribution in [0.1, 0.15) is 143 Å². The fourth-order valence-corrected chi connectivity index (χ4v) is 6.31. The molecule has 0 saturated heterocycles. The number of phosphoric ester groups is 1. The second-order valence-corrected chi connectivity index (χ2v) is 16.5. The van der Waals surface area contributed by atoms with Crippen LogP contribution >= 0.6 is 7.82 Å². The normalized spacial score (nSPS) is 16.2. The summed E-state index contributed by atoms with van der Waals surface area (Å²) in [4.78, 5) is 35.0. The van der Waals surface area contributed by atoms with Crippen LogP contribution in [0.15, 0.2) is 60.8 Å². The van der Waals surface area contributed by atoms with Crippen LogP contribution in [0.2, 0.25) is 0 Å². The van der Waals surface area contributed by atoms with E-state index in [9.17, 15) is 39.5 Å². The second kappa shape index (κ2) is 37.5. The van der Waals surface area contributed by atoms with Crippen molar-refractivity contribution in [2.24, 2.45) is 5.92 Å². The van der Waals surface area contributed by atoms with Gasteiger partial charge in [0.2, 0.25) is 0 Å². The van der Waals surface area contributed by atoms with Crippen molar-refractivity contribution in [2.45, 2.75) is 173 Å². The SMILES string of the molecule is CC/C=C\C[C@@H](O)/C=C/C=C/C=C\C=C/[C@H](O)[C@@H](O)CCCC(=O)OC[C@H](COP(=O)(O)OC[C@@H](O)CO)OC(=O)CCCCCCCCCCCCCCC(C)C. The molecule has 6 N–H and O–H groups in total. The van der Waals surface area contributed by atoms with Crippen molar-refractivity contribution in [3.05, 3.63) is 60.8 Å². The van der Waals surface area contributed by atoms with E-state index >= 15 is 0 Å². The number of aliphatic hydroxyl groups excluding tert-OH is 5. The first-order valence-electron chi connectivity index (χ1n) is 21.4. The fraction of sp³-hybridized carbons (Fsp3) is 0.727. The maximum Gasteiger partial charge on any atom is 0.472 e. The van der Waals surface area contributed by atoms with Gasteiger partial charge in [-0.15, -0.1) is 0 Å². The number of esters is 2. The lowest BCUT2D eigenvalue weighted by atomic mass is 10.0. The van der Waals surface area contributed by atoms with E-state index in [-0.39, 0.29) is 25.7 Å². The van der Waals surface area contributed by atoms with Gasteiger partial charge in [0.05, 0.1) is 38.1 Å². The van der Waals surface area contributed by atoms with E-state index in [4.69, 9.17) is 19.1 Å². The molecule has 58 heavy (non-hydrogen) atoms. The molecule has 0 rings (SSSR count). The van der Waals surface area contributed by atoms with Crippen molar-refractivity contribution in [3.63, 3.8) is 0 Å². The Morgan fingerprint density at radius 3 is 1.76 bits per heavy atom. The number of hydrogen-bond donors (Lipinski definition) is 6. The van der Waals surface area contributed by atoms with Crippen LogP contribution in [0, 0.1) is 5.92 Å². The molecular formula is C44H77O13P. The summed E-state index contributed by atoms with van der Waals surface area (Å²) in [6.07, 6.45) is 28.6. The van der Waals surface area contributed by atoms with Gasteiger partial charge in [-0.25, -0.2) is 4.57 Å². The summed E-state index contributed by atoms with van der Waals surface area (Å²) in [5, 5.41) is 48.7. The summed E-state index contributed by atoms with van der Waals surface area (Å²) in [5.41, 5.74) is 0. The summed E-state index contributed by atoms with van der Waals surface area (Å²) in [6.45, 7) is 4.09. The van der Waals surface area contributed by atoms with Gasteiger partial charge in [0.25, 0.3) is 0 Å². The highest BCUT2D eigenvalue weighted by Crippen LogP contribution is 2.43. The molecule has 0 aliphatic rings. The highest BCUT2D eigenvalue weighted by molar-refractivity contribution is 7.47. The smallest absolute Gasteiger partial charge is 0.462 e. The molecule has 13 nitrogen and oxygen atoms in total. The molecule has 0 aliphatic carbocycles. The molecule has 1 unspecified atom stereocenters. The molecule has 0 bridgehead atoms. The predicted molar refractivity (Wildman–Crippen MR) is 228 cm³/mol. The first-order valence-corrected chi connectivity index (χ1v) is 22.9. The fourth-order valence-electron chi connectivity index (χ4n) is 5.52. The van der Waals surface area contributed by atoms with Crippen LogP contribution in [0.25, 0.3) is 0 Å².